The lowest BCUT2D eigenvalue weighted by atomic mass is 10.1. The van der Waals surface area contributed by atoms with Gasteiger partial charge < -0.3 is 20.8 Å². The van der Waals surface area contributed by atoms with Gasteiger partial charge in [0.05, 0.1) is 5.25 Å². The minimum absolute atomic E-state index is 0.136. The Kier molecular flexibility index (Phi) is 11.5. The van der Waals surface area contributed by atoms with Gasteiger partial charge in [0.1, 0.15) is 6.61 Å². The van der Waals surface area contributed by atoms with Crippen LogP contribution in [0, 0.1) is 5.41 Å². The molecule has 0 bridgehead atoms. The van der Waals surface area contributed by atoms with Gasteiger partial charge in [-0.15, -0.1) is 0 Å². The topological polar surface area (TPSA) is 117 Å². The van der Waals surface area contributed by atoms with Crippen LogP contribution in [-0.2, 0) is 14.3 Å². The lowest BCUT2D eigenvalue weighted by molar-refractivity contribution is -0.140. The molecule has 0 radical (unpaired) electrons. The molecule has 1 atom stereocenters. The number of esters is 1. The molecule has 0 aliphatic rings. The summed E-state index contributed by atoms with van der Waals surface area (Å²) in [5.41, 5.74) is 4.20. The minimum Gasteiger partial charge on any atom is -0.465 e. The van der Waals surface area contributed by atoms with Gasteiger partial charge in [0, 0.05) is 42.2 Å². The minimum atomic E-state index is -0.366. The number of nitrogens with one attached hydrogen (secondary N) is 3. The Hall–Kier alpha value is -2.58. The highest BCUT2D eigenvalue weighted by molar-refractivity contribution is 7.97. The maximum absolute atomic E-state index is 12.4. The van der Waals surface area contributed by atoms with E-state index in [1.54, 1.807) is 12.1 Å². The second kappa shape index (κ2) is 13.6. The molecule has 8 heteroatoms. The highest BCUT2D eigenvalue weighted by Crippen LogP contribution is 2.23. The van der Waals surface area contributed by atoms with Gasteiger partial charge in [-0.2, -0.15) is 0 Å². The molecule has 0 fully saturated rings. The van der Waals surface area contributed by atoms with E-state index in [0.717, 1.165) is 40.9 Å². The average molecular weight is 433 g/mol. The maximum atomic E-state index is 12.4. The zero-order valence-electron chi connectivity index (χ0n) is 18.1. The molecule has 1 unspecified atom stereocenters. The maximum Gasteiger partial charge on any atom is 0.302 e. The van der Waals surface area contributed by atoms with Crippen LogP contribution < -0.4 is 15.8 Å². The van der Waals surface area contributed by atoms with Crippen LogP contribution in [0.15, 0.2) is 41.6 Å². The van der Waals surface area contributed by atoms with E-state index in [4.69, 9.17) is 15.3 Å². The number of benzene rings is 1. The van der Waals surface area contributed by atoms with Gasteiger partial charge in [0.15, 0.2) is 0 Å². The van der Waals surface area contributed by atoms with Crippen molar-refractivity contribution in [3.05, 3.63) is 47.2 Å². The SMILES string of the molecule is CC/C=C(\C=C(C)C)Nc1cc(NC(=O)CCC(COC(C)=O)SN)ccc1C=N. The van der Waals surface area contributed by atoms with Gasteiger partial charge in [-0.1, -0.05) is 30.5 Å². The van der Waals surface area contributed by atoms with Crippen molar-refractivity contribution in [2.75, 3.05) is 17.2 Å². The fourth-order valence-electron chi connectivity index (χ4n) is 2.62. The van der Waals surface area contributed by atoms with Crippen LogP contribution in [-0.4, -0.2) is 29.9 Å². The van der Waals surface area contributed by atoms with E-state index < -0.39 is 0 Å². The molecule has 1 rings (SSSR count). The summed E-state index contributed by atoms with van der Waals surface area (Å²) >= 11 is 1.08. The molecule has 5 N–H and O–H groups in total. The van der Waals surface area contributed by atoms with E-state index in [0.29, 0.717) is 12.1 Å². The predicted octanol–water partition coefficient (Wildman–Crippen LogP) is 4.61. The smallest absolute Gasteiger partial charge is 0.302 e. The molecule has 0 saturated carbocycles. The Bertz CT molecular complexity index is 802. The second-order valence-electron chi connectivity index (χ2n) is 7.01. The monoisotopic (exact) mass is 432 g/mol. The summed E-state index contributed by atoms with van der Waals surface area (Å²) in [7, 11) is 0. The van der Waals surface area contributed by atoms with Crippen LogP contribution in [0.3, 0.4) is 0 Å². The molecule has 0 aliphatic heterocycles. The van der Waals surface area contributed by atoms with Gasteiger partial charge in [0.25, 0.3) is 0 Å². The van der Waals surface area contributed by atoms with E-state index >= 15 is 0 Å². The summed E-state index contributed by atoms with van der Waals surface area (Å²) in [6.07, 6.45) is 7.00. The van der Waals surface area contributed by atoms with Crippen molar-refractivity contribution in [3.8, 4) is 0 Å². The molecule has 1 amide bonds. The van der Waals surface area contributed by atoms with Gasteiger partial charge >= 0.3 is 5.97 Å². The van der Waals surface area contributed by atoms with Gasteiger partial charge in [-0.05, 0) is 51.0 Å². The van der Waals surface area contributed by atoms with Crippen LogP contribution >= 0.6 is 11.9 Å². The van der Waals surface area contributed by atoms with Crippen molar-refractivity contribution in [2.45, 2.75) is 52.2 Å². The van der Waals surface area contributed by atoms with Gasteiger partial charge in [-0.3, -0.25) is 14.7 Å². The number of nitrogens with two attached hydrogens (primary N) is 1. The average Bonchev–Trinajstić information content (AvgIpc) is 2.68. The fraction of sp³-hybridized carbons (Fsp3) is 0.409. The summed E-state index contributed by atoms with van der Waals surface area (Å²) in [4.78, 5) is 23.3. The Morgan fingerprint density at radius 3 is 2.57 bits per heavy atom. The lowest BCUT2D eigenvalue weighted by Gasteiger charge is -2.15. The molecule has 30 heavy (non-hydrogen) atoms. The largest absolute Gasteiger partial charge is 0.465 e. The van der Waals surface area contributed by atoms with E-state index in [1.165, 1.54) is 13.1 Å². The highest BCUT2D eigenvalue weighted by Gasteiger charge is 2.13. The van der Waals surface area contributed by atoms with Crippen molar-refractivity contribution in [3.63, 3.8) is 0 Å². The molecule has 0 heterocycles. The summed E-state index contributed by atoms with van der Waals surface area (Å²) in [6.45, 7) is 7.63. The molecule has 0 saturated heterocycles. The first-order chi connectivity index (χ1) is 14.3. The third-order valence-corrected chi connectivity index (χ3v) is 4.75. The zero-order valence-corrected chi connectivity index (χ0v) is 18.9. The second-order valence-corrected chi connectivity index (χ2v) is 7.95. The number of carbonyl (C=O) groups excluding carboxylic acids is 2. The first kappa shape index (κ1) is 25.5. The number of carbonyl (C=O) groups is 2. The van der Waals surface area contributed by atoms with Crippen molar-refractivity contribution in [2.24, 2.45) is 5.14 Å². The summed E-state index contributed by atoms with van der Waals surface area (Å²) in [6, 6.07) is 5.37. The molecule has 0 spiro atoms. The van der Waals surface area contributed by atoms with Crippen molar-refractivity contribution >= 4 is 41.4 Å². The number of allylic oxidation sites excluding steroid dienone is 3. The zero-order chi connectivity index (χ0) is 22.5. The van der Waals surface area contributed by atoms with E-state index in [9.17, 15) is 9.59 Å². The van der Waals surface area contributed by atoms with Crippen LogP contribution in [0.25, 0.3) is 0 Å². The van der Waals surface area contributed by atoms with Gasteiger partial charge in [0.2, 0.25) is 5.91 Å². The molecule has 0 aliphatic carbocycles. The van der Waals surface area contributed by atoms with E-state index in [1.807, 2.05) is 26.0 Å². The first-order valence-electron chi connectivity index (χ1n) is 9.84. The number of ether oxygens (including phenoxy) is 1. The molecule has 0 aromatic heterocycles. The van der Waals surface area contributed by atoms with E-state index in [-0.39, 0.29) is 30.2 Å². The van der Waals surface area contributed by atoms with E-state index in [2.05, 4.69) is 23.6 Å². The highest BCUT2D eigenvalue weighted by atomic mass is 32.2. The third-order valence-electron chi connectivity index (χ3n) is 4.00. The number of hydrogen-bond donors (Lipinski definition) is 4. The number of amides is 1. The number of hydrogen-bond acceptors (Lipinski definition) is 7. The summed E-state index contributed by atoms with van der Waals surface area (Å²) in [5.74, 6) is -0.520. The Morgan fingerprint density at radius 1 is 1.27 bits per heavy atom. The number of rotatable bonds is 12. The molecule has 7 nitrogen and oxygen atoms in total. The summed E-state index contributed by atoms with van der Waals surface area (Å²) in [5, 5.41) is 19.3. The molecular formula is C22H32N4O3S. The van der Waals surface area contributed by atoms with Crippen LogP contribution in [0.1, 0.15) is 52.5 Å². The van der Waals surface area contributed by atoms with Crippen molar-refractivity contribution in [1.29, 1.82) is 5.41 Å². The molecular weight excluding hydrogens is 400 g/mol. The predicted molar refractivity (Wildman–Crippen MR) is 126 cm³/mol. The Labute approximate surface area is 183 Å². The van der Waals surface area contributed by atoms with Gasteiger partial charge in [-0.25, -0.2) is 0 Å². The fourth-order valence-corrected chi connectivity index (χ4v) is 3.02. The molecule has 1 aromatic carbocycles. The normalized spacial score (nSPS) is 12.0. The number of anilines is 2. The van der Waals surface area contributed by atoms with Crippen LogP contribution in [0.4, 0.5) is 11.4 Å². The van der Waals surface area contributed by atoms with Crippen molar-refractivity contribution < 1.29 is 14.3 Å². The first-order valence-corrected chi connectivity index (χ1v) is 10.8. The molecule has 164 valence electrons. The standard InChI is InChI=1S/C22H32N4O3S/c1-5-6-18(11-15(2)3)25-21-12-19(8-7-17(21)13-23)26-22(28)10-9-20(30-24)14-29-16(4)27/h6-8,11-13,20,23,25H,5,9-10,14,24H2,1-4H3,(H,26,28)/b18-6+,23-13?. The Balaban J connectivity index is 2.83. The summed E-state index contributed by atoms with van der Waals surface area (Å²) < 4.78 is 4.96. The van der Waals surface area contributed by atoms with Crippen LogP contribution in [0.5, 0.6) is 0 Å². The quantitative estimate of drug-likeness (QED) is 0.166. The molecule has 1 aromatic rings. The van der Waals surface area contributed by atoms with Crippen molar-refractivity contribution in [1.82, 2.24) is 0 Å². The Morgan fingerprint density at radius 2 is 2.00 bits per heavy atom. The van der Waals surface area contributed by atoms with Crippen LogP contribution in [0.2, 0.25) is 0 Å². The third kappa shape index (κ3) is 9.76. The lowest BCUT2D eigenvalue weighted by Crippen LogP contribution is -2.20.